The quantitative estimate of drug-likeness (QED) is 0.801. The molecule has 1 amide bonds. The van der Waals surface area contributed by atoms with Crippen LogP contribution in [0.5, 0.6) is 0 Å². The molecule has 3 rings (SSSR count). The zero-order valence-corrected chi connectivity index (χ0v) is 17.9. The van der Waals surface area contributed by atoms with Gasteiger partial charge >= 0.3 is 0 Å². The first kappa shape index (κ1) is 20.8. The fourth-order valence-electron chi connectivity index (χ4n) is 3.55. The normalized spacial score (nSPS) is 18.1. The largest absolute Gasteiger partial charge is 0.326 e. The van der Waals surface area contributed by atoms with Gasteiger partial charge < -0.3 is 5.32 Å². The Morgan fingerprint density at radius 3 is 2.43 bits per heavy atom. The van der Waals surface area contributed by atoms with E-state index in [-0.39, 0.29) is 23.3 Å². The number of benzene rings is 2. The molecule has 1 atom stereocenters. The van der Waals surface area contributed by atoms with Crippen molar-refractivity contribution < 1.29 is 13.2 Å². The Morgan fingerprint density at radius 2 is 1.79 bits per heavy atom. The number of hydrogen-bond donors (Lipinski definition) is 1. The number of nitrogens with zero attached hydrogens (tertiary/aromatic N) is 1. The molecule has 1 aliphatic heterocycles. The van der Waals surface area contributed by atoms with Gasteiger partial charge in [0.25, 0.3) is 0 Å². The number of aryl methyl sites for hydroxylation is 3. The van der Waals surface area contributed by atoms with E-state index < -0.39 is 10.0 Å². The van der Waals surface area contributed by atoms with E-state index in [0.717, 1.165) is 22.4 Å². The predicted octanol–water partition coefficient (Wildman–Crippen LogP) is 4.30. The fourth-order valence-corrected chi connectivity index (χ4v) is 5.34. The highest BCUT2D eigenvalue weighted by Gasteiger charge is 2.33. The topological polar surface area (TPSA) is 66.5 Å². The summed E-state index contributed by atoms with van der Waals surface area (Å²) in [4.78, 5) is 12.9. The number of amides is 1. The zero-order valence-electron chi connectivity index (χ0n) is 16.3. The van der Waals surface area contributed by atoms with Crippen molar-refractivity contribution in [3.8, 4) is 0 Å². The summed E-state index contributed by atoms with van der Waals surface area (Å²) in [6, 6.07) is 10.6. The van der Waals surface area contributed by atoms with Crippen LogP contribution >= 0.6 is 11.6 Å². The van der Waals surface area contributed by atoms with Crippen LogP contribution < -0.4 is 5.32 Å². The van der Waals surface area contributed by atoms with Gasteiger partial charge in [-0.2, -0.15) is 4.31 Å². The minimum absolute atomic E-state index is 0.146. The molecule has 1 unspecified atom stereocenters. The summed E-state index contributed by atoms with van der Waals surface area (Å²) in [5.74, 6) is -0.530. The first-order valence-electron chi connectivity index (χ1n) is 9.32. The number of rotatable bonds is 4. The molecule has 0 aliphatic carbocycles. The van der Waals surface area contributed by atoms with Crippen molar-refractivity contribution in [3.05, 3.63) is 58.1 Å². The third kappa shape index (κ3) is 4.57. The van der Waals surface area contributed by atoms with Crippen molar-refractivity contribution >= 4 is 33.2 Å². The number of anilines is 1. The van der Waals surface area contributed by atoms with Gasteiger partial charge in [0.15, 0.2) is 0 Å². The molecule has 0 spiro atoms. The number of sulfonamides is 1. The Kier molecular flexibility index (Phi) is 6.12. The molecular weight excluding hydrogens is 396 g/mol. The Hall–Kier alpha value is -1.89. The lowest BCUT2D eigenvalue weighted by Crippen LogP contribution is -2.43. The highest BCUT2D eigenvalue weighted by Crippen LogP contribution is 2.27. The molecule has 1 heterocycles. The molecular formula is C21H25ClN2O3S. The number of nitrogens with one attached hydrogen (secondary N) is 1. The van der Waals surface area contributed by atoms with Gasteiger partial charge in [-0.25, -0.2) is 8.42 Å². The van der Waals surface area contributed by atoms with Crippen LogP contribution in [-0.2, 0) is 14.8 Å². The molecule has 0 radical (unpaired) electrons. The molecule has 0 saturated carbocycles. The van der Waals surface area contributed by atoms with Crippen molar-refractivity contribution in [2.45, 2.75) is 38.5 Å². The number of piperidine rings is 1. The Morgan fingerprint density at radius 1 is 1.11 bits per heavy atom. The van der Waals surface area contributed by atoms with Gasteiger partial charge in [-0.05, 0) is 74.6 Å². The second-order valence-corrected chi connectivity index (χ2v) is 9.82. The number of carbonyl (C=O) groups excluding carboxylic acids is 1. The molecule has 0 aromatic heterocycles. The first-order valence-corrected chi connectivity index (χ1v) is 11.1. The SMILES string of the molecule is Cc1cc(C)cc(NC(=O)C2CCCN(S(=O)(=O)c3ccc(C)c(Cl)c3)C2)c1. The van der Waals surface area contributed by atoms with Crippen LogP contribution in [0.4, 0.5) is 5.69 Å². The Labute approximate surface area is 171 Å². The maximum atomic E-state index is 13.0. The van der Waals surface area contributed by atoms with Crippen LogP contribution in [0.1, 0.15) is 29.5 Å². The molecule has 0 bridgehead atoms. The van der Waals surface area contributed by atoms with Crippen molar-refractivity contribution in [2.75, 3.05) is 18.4 Å². The van der Waals surface area contributed by atoms with E-state index in [1.807, 2.05) is 39.0 Å². The molecule has 7 heteroatoms. The van der Waals surface area contributed by atoms with Crippen molar-refractivity contribution in [1.82, 2.24) is 4.31 Å². The van der Waals surface area contributed by atoms with E-state index in [4.69, 9.17) is 11.6 Å². The second-order valence-electron chi connectivity index (χ2n) is 7.48. The first-order chi connectivity index (χ1) is 13.2. The van der Waals surface area contributed by atoms with Crippen molar-refractivity contribution in [3.63, 3.8) is 0 Å². The summed E-state index contributed by atoms with van der Waals surface area (Å²) in [5, 5.41) is 3.36. The Bertz CT molecular complexity index is 984. The lowest BCUT2D eigenvalue weighted by molar-refractivity contribution is -0.120. The van der Waals surface area contributed by atoms with Gasteiger partial charge in [0.05, 0.1) is 10.8 Å². The fraction of sp³-hybridized carbons (Fsp3) is 0.381. The molecule has 2 aromatic carbocycles. The van der Waals surface area contributed by atoms with Crippen LogP contribution in [0, 0.1) is 26.7 Å². The number of halogens is 1. The second kappa shape index (κ2) is 8.23. The maximum absolute atomic E-state index is 13.0. The van der Waals surface area contributed by atoms with Crippen LogP contribution in [0.15, 0.2) is 41.3 Å². The summed E-state index contributed by atoms with van der Waals surface area (Å²) in [6.45, 7) is 6.35. The number of carbonyl (C=O) groups is 1. The highest BCUT2D eigenvalue weighted by molar-refractivity contribution is 7.89. The van der Waals surface area contributed by atoms with Gasteiger partial charge in [-0.3, -0.25) is 4.79 Å². The predicted molar refractivity (Wildman–Crippen MR) is 112 cm³/mol. The minimum Gasteiger partial charge on any atom is -0.326 e. The highest BCUT2D eigenvalue weighted by atomic mass is 35.5. The molecule has 5 nitrogen and oxygen atoms in total. The molecule has 1 N–H and O–H groups in total. The van der Waals surface area contributed by atoms with E-state index in [2.05, 4.69) is 5.32 Å². The lowest BCUT2D eigenvalue weighted by Gasteiger charge is -2.31. The summed E-state index contributed by atoms with van der Waals surface area (Å²) in [5.41, 5.74) is 3.71. The van der Waals surface area contributed by atoms with E-state index in [1.54, 1.807) is 12.1 Å². The zero-order chi connectivity index (χ0) is 20.5. The maximum Gasteiger partial charge on any atom is 0.243 e. The summed E-state index contributed by atoms with van der Waals surface area (Å²) in [7, 11) is -3.69. The smallest absolute Gasteiger partial charge is 0.243 e. The molecule has 1 aliphatic rings. The standard InChI is InChI=1S/C21H25ClN2O3S/c1-14-9-15(2)11-18(10-14)23-21(25)17-5-4-8-24(13-17)28(26,27)19-7-6-16(3)20(22)12-19/h6-7,9-12,17H,4-5,8,13H2,1-3H3,(H,23,25). The lowest BCUT2D eigenvalue weighted by atomic mass is 9.98. The van der Waals surface area contributed by atoms with Crippen molar-refractivity contribution in [2.24, 2.45) is 5.92 Å². The minimum atomic E-state index is -3.69. The van der Waals surface area contributed by atoms with Crippen LogP contribution in [0.25, 0.3) is 0 Å². The summed E-state index contributed by atoms with van der Waals surface area (Å²) < 4.78 is 27.4. The average Bonchev–Trinajstić information content (AvgIpc) is 2.63. The van der Waals surface area contributed by atoms with Crippen molar-refractivity contribution in [1.29, 1.82) is 0 Å². The third-order valence-corrected chi connectivity index (χ3v) is 7.29. The molecule has 150 valence electrons. The van der Waals surface area contributed by atoms with Crippen LogP contribution in [-0.4, -0.2) is 31.7 Å². The average molecular weight is 421 g/mol. The van der Waals surface area contributed by atoms with Gasteiger partial charge in [0.1, 0.15) is 0 Å². The van der Waals surface area contributed by atoms with Crippen LogP contribution in [0.3, 0.4) is 0 Å². The molecule has 28 heavy (non-hydrogen) atoms. The van der Waals surface area contributed by atoms with E-state index in [9.17, 15) is 13.2 Å². The Balaban J connectivity index is 1.75. The number of hydrogen-bond acceptors (Lipinski definition) is 3. The third-order valence-electron chi connectivity index (χ3n) is 5.03. The monoisotopic (exact) mass is 420 g/mol. The molecule has 1 fully saturated rings. The van der Waals surface area contributed by atoms with E-state index in [0.29, 0.717) is 24.4 Å². The van der Waals surface area contributed by atoms with Gasteiger partial charge in [0.2, 0.25) is 15.9 Å². The summed E-state index contributed by atoms with van der Waals surface area (Å²) in [6.07, 6.45) is 1.31. The van der Waals surface area contributed by atoms with Gasteiger partial charge in [-0.15, -0.1) is 0 Å². The van der Waals surface area contributed by atoms with Gasteiger partial charge in [-0.1, -0.05) is 23.7 Å². The van der Waals surface area contributed by atoms with Gasteiger partial charge in [0, 0.05) is 23.8 Å². The molecule has 1 saturated heterocycles. The van der Waals surface area contributed by atoms with E-state index >= 15 is 0 Å². The van der Waals surface area contributed by atoms with E-state index in [1.165, 1.54) is 10.4 Å². The summed E-state index contributed by atoms with van der Waals surface area (Å²) >= 11 is 6.11. The van der Waals surface area contributed by atoms with Crippen LogP contribution in [0.2, 0.25) is 5.02 Å². The molecule has 2 aromatic rings.